The minimum Gasteiger partial charge on any atom is -0.378 e. The van der Waals surface area contributed by atoms with Crippen LogP contribution >= 0.6 is 0 Å². The summed E-state index contributed by atoms with van der Waals surface area (Å²) < 4.78 is 5.68. The van der Waals surface area contributed by atoms with E-state index in [0.717, 1.165) is 12.5 Å². The lowest BCUT2D eigenvalue weighted by atomic mass is 9.77. The second-order valence-corrected chi connectivity index (χ2v) is 6.06. The van der Waals surface area contributed by atoms with Crippen LogP contribution in [-0.4, -0.2) is 19.8 Å². The molecule has 1 saturated carbocycles. The molecule has 0 aliphatic heterocycles. The lowest BCUT2D eigenvalue weighted by Crippen LogP contribution is -2.34. The number of ether oxygens (including phenoxy) is 1. The molecule has 0 spiro atoms. The minimum atomic E-state index is 0.434. The number of hydrogen-bond donors (Lipinski definition) is 1. The average Bonchev–Trinajstić information content (AvgIpc) is 2.49. The Labute approximate surface area is 127 Å². The lowest BCUT2D eigenvalue weighted by Gasteiger charge is -2.37. The van der Waals surface area contributed by atoms with Crippen LogP contribution in [0.15, 0.2) is 42.5 Å². The van der Waals surface area contributed by atoms with Gasteiger partial charge in [-0.15, -0.1) is 0 Å². The summed E-state index contributed by atoms with van der Waals surface area (Å²) in [6.45, 7) is 2.93. The largest absolute Gasteiger partial charge is 0.378 e. The third-order valence-electron chi connectivity index (χ3n) is 4.71. The van der Waals surface area contributed by atoms with Gasteiger partial charge in [-0.3, -0.25) is 0 Å². The van der Waals surface area contributed by atoms with Crippen molar-refractivity contribution in [2.24, 2.45) is 5.92 Å². The summed E-state index contributed by atoms with van der Waals surface area (Å²) in [5.41, 5.74) is 1.43. The minimum absolute atomic E-state index is 0.434. The summed E-state index contributed by atoms with van der Waals surface area (Å²) >= 11 is 0. The summed E-state index contributed by atoms with van der Waals surface area (Å²) in [5.74, 6) is 0.790. The van der Waals surface area contributed by atoms with Crippen molar-refractivity contribution in [1.82, 2.24) is 5.32 Å². The smallest absolute Gasteiger partial charge is 0.0580 e. The van der Waals surface area contributed by atoms with Crippen LogP contribution in [-0.2, 0) is 4.74 Å². The number of rotatable bonds is 6. The van der Waals surface area contributed by atoms with Gasteiger partial charge in [-0.2, -0.15) is 0 Å². The van der Waals surface area contributed by atoms with Crippen LogP contribution in [0.5, 0.6) is 0 Å². The molecule has 1 aliphatic carbocycles. The molecule has 1 unspecified atom stereocenters. The third kappa shape index (κ3) is 3.12. The lowest BCUT2D eigenvalue weighted by molar-refractivity contribution is -0.0289. The van der Waals surface area contributed by atoms with Crippen LogP contribution < -0.4 is 5.32 Å². The van der Waals surface area contributed by atoms with Crippen LogP contribution in [0, 0.1) is 5.92 Å². The summed E-state index contributed by atoms with van der Waals surface area (Å²) in [5, 5.41) is 6.22. The van der Waals surface area contributed by atoms with E-state index in [0.29, 0.717) is 12.1 Å². The van der Waals surface area contributed by atoms with Gasteiger partial charge in [-0.05, 0) is 55.5 Å². The zero-order chi connectivity index (χ0) is 14.7. The van der Waals surface area contributed by atoms with Crippen molar-refractivity contribution in [3.05, 3.63) is 48.0 Å². The number of fused-ring (bicyclic) bond motifs is 1. The summed E-state index contributed by atoms with van der Waals surface area (Å²) in [4.78, 5) is 0. The van der Waals surface area contributed by atoms with Crippen molar-refractivity contribution in [2.45, 2.75) is 38.3 Å². The zero-order valence-corrected chi connectivity index (χ0v) is 13.0. The topological polar surface area (TPSA) is 21.3 Å². The maximum Gasteiger partial charge on any atom is 0.0580 e. The fourth-order valence-electron chi connectivity index (χ4n) is 3.53. The normalized spacial score (nSPS) is 23.0. The van der Waals surface area contributed by atoms with Crippen molar-refractivity contribution in [3.8, 4) is 0 Å². The molecule has 2 aromatic rings. The summed E-state index contributed by atoms with van der Waals surface area (Å²) in [6, 6.07) is 15.7. The Bertz CT molecular complexity index is 584. The highest BCUT2D eigenvalue weighted by atomic mass is 16.5. The van der Waals surface area contributed by atoms with Crippen molar-refractivity contribution < 1.29 is 4.74 Å². The van der Waals surface area contributed by atoms with Crippen molar-refractivity contribution in [3.63, 3.8) is 0 Å². The first kappa shape index (κ1) is 14.6. The highest BCUT2D eigenvalue weighted by Crippen LogP contribution is 2.38. The average molecular weight is 283 g/mol. The Morgan fingerprint density at radius 3 is 2.67 bits per heavy atom. The van der Waals surface area contributed by atoms with E-state index >= 15 is 0 Å². The van der Waals surface area contributed by atoms with Gasteiger partial charge in [0.15, 0.2) is 0 Å². The molecule has 112 valence electrons. The standard InChI is InChI=1S/C19H25NO/c1-3-21-16-11-14(12-16)13-19(20-2)18-10-6-8-15-7-4-5-9-17(15)18/h4-10,14,16,19-20H,3,11-13H2,1-2H3. The molecule has 0 bridgehead atoms. The van der Waals surface area contributed by atoms with E-state index in [1.54, 1.807) is 0 Å². The van der Waals surface area contributed by atoms with Crippen molar-refractivity contribution in [2.75, 3.05) is 13.7 Å². The second-order valence-electron chi connectivity index (χ2n) is 6.06. The molecule has 0 amide bonds. The van der Waals surface area contributed by atoms with E-state index < -0.39 is 0 Å². The summed E-state index contributed by atoms with van der Waals surface area (Å²) in [6.07, 6.45) is 4.15. The molecule has 1 atom stereocenters. The number of benzene rings is 2. The molecule has 1 N–H and O–H groups in total. The van der Waals surface area contributed by atoms with E-state index in [-0.39, 0.29) is 0 Å². The molecule has 2 heteroatoms. The summed E-state index contributed by atoms with van der Waals surface area (Å²) in [7, 11) is 2.07. The highest BCUT2D eigenvalue weighted by Gasteiger charge is 2.31. The van der Waals surface area contributed by atoms with Gasteiger partial charge in [0.05, 0.1) is 6.10 Å². The van der Waals surface area contributed by atoms with Crippen LogP contribution in [0.4, 0.5) is 0 Å². The van der Waals surface area contributed by atoms with Crippen LogP contribution in [0.25, 0.3) is 10.8 Å². The molecule has 2 nitrogen and oxygen atoms in total. The quantitative estimate of drug-likeness (QED) is 0.853. The van der Waals surface area contributed by atoms with Gasteiger partial charge in [0, 0.05) is 12.6 Å². The van der Waals surface area contributed by atoms with E-state index in [1.165, 1.54) is 35.6 Å². The number of hydrogen-bond acceptors (Lipinski definition) is 2. The Hall–Kier alpha value is -1.38. The highest BCUT2D eigenvalue weighted by molar-refractivity contribution is 5.86. The molecule has 0 aromatic heterocycles. The second kappa shape index (κ2) is 6.59. The van der Waals surface area contributed by atoms with E-state index in [4.69, 9.17) is 4.74 Å². The third-order valence-corrected chi connectivity index (χ3v) is 4.71. The Morgan fingerprint density at radius 1 is 1.14 bits per heavy atom. The van der Waals surface area contributed by atoms with Gasteiger partial charge in [-0.1, -0.05) is 42.5 Å². The van der Waals surface area contributed by atoms with E-state index in [2.05, 4.69) is 61.8 Å². The monoisotopic (exact) mass is 283 g/mol. The molecule has 1 aliphatic rings. The predicted molar refractivity (Wildman–Crippen MR) is 88.5 cm³/mol. The fourth-order valence-corrected chi connectivity index (χ4v) is 3.53. The van der Waals surface area contributed by atoms with Crippen LogP contribution in [0.3, 0.4) is 0 Å². The Balaban J connectivity index is 1.74. The van der Waals surface area contributed by atoms with Crippen LogP contribution in [0.2, 0.25) is 0 Å². The predicted octanol–water partition coefficient (Wildman–Crippen LogP) is 4.31. The van der Waals surface area contributed by atoms with Gasteiger partial charge in [-0.25, -0.2) is 0 Å². The van der Waals surface area contributed by atoms with Gasteiger partial charge in [0.1, 0.15) is 0 Å². The molecular weight excluding hydrogens is 258 g/mol. The maximum absolute atomic E-state index is 5.68. The molecule has 0 heterocycles. The molecule has 3 rings (SSSR count). The maximum atomic E-state index is 5.68. The van der Waals surface area contributed by atoms with Gasteiger partial charge in [0.2, 0.25) is 0 Å². The van der Waals surface area contributed by atoms with Crippen molar-refractivity contribution >= 4 is 10.8 Å². The molecule has 21 heavy (non-hydrogen) atoms. The Kier molecular flexibility index (Phi) is 4.57. The SMILES string of the molecule is CCOC1CC(CC(NC)c2cccc3ccccc23)C1. The van der Waals surface area contributed by atoms with E-state index in [9.17, 15) is 0 Å². The molecular formula is C19H25NO. The van der Waals surface area contributed by atoms with Gasteiger partial charge < -0.3 is 10.1 Å². The molecule has 0 saturated heterocycles. The first-order chi connectivity index (χ1) is 10.3. The number of nitrogens with one attached hydrogen (secondary N) is 1. The first-order valence-electron chi connectivity index (χ1n) is 8.08. The van der Waals surface area contributed by atoms with Gasteiger partial charge in [0.25, 0.3) is 0 Å². The van der Waals surface area contributed by atoms with Crippen LogP contribution in [0.1, 0.15) is 37.8 Å². The van der Waals surface area contributed by atoms with Crippen molar-refractivity contribution in [1.29, 1.82) is 0 Å². The van der Waals surface area contributed by atoms with E-state index in [1.807, 2.05) is 0 Å². The zero-order valence-electron chi connectivity index (χ0n) is 13.0. The molecule has 1 fully saturated rings. The fraction of sp³-hybridized carbons (Fsp3) is 0.474. The van der Waals surface area contributed by atoms with Gasteiger partial charge >= 0.3 is 0 Å². The molecule has 0 radical (unpaired) electrons. The molecule has 2 aromatic carbocycles. The first-order valence-corrected chi connectivity index (χ1v) is 8.08. The Morgan fingerprint density at radius 2 is 1.90 bits per heavy atom.